The van der Waals surface area contributed by atoms with Gasteiger partial charge in [0.1, 0.15) is 6.10 Å². The van der Waals surface area contributed by atoms with Crippen LogP contribution in [0.4, 0.5) is 0 Å². The quantitative estimate of drug-likeness (QED) is 0.674. The lowest BCUT2D eigenvalue weighted by Gasteiger charge is -2.54. The lowest BCUT2D eigenvalue weighted by atomic mass is 9.50. The fourth-order valence-electron chi connectivity index (χ4n) is 6.07. The molecule has 7 atom stereocenters. The van der Waals surface area contributed by atoms with E-state index in [9.17, 15) is 15.0 Å². The van der Waals surface area contributed by atoms with E-state index in [-0.39, 0.29) is 23.2 Å². The third-order valence-corrected chi connectivity index (χ3v) is 7.24. The van der Waals surface area contributed by atoms with Gasteiger partial charge in [0.2, 0.25) is 0 Å². The number of allylic oxidation sites excluding steroid dienone is 1. The van der Waals surface area contributed by atoms with Gasteiger partial charge < -0.3 is 10.2 Å². The number of hydrogen-bond donors (Lipinski definition) is 2. The van der Waals surface area contributed by atoms with Gasteiger partial charge >= 0.3 is 0 Å². The molecule has 0 aromatic heterocycles. The molecule has 0 aromatic rings. The fourth-order valence-corrected chi connectivity index (χ4v) is 6.07. The van der Waals surface area contributed by atoms with E-state index in [4.69, 9.17) is 0 Å². The molecule has 0 radical (unpaired) electrons. The van der Waals surface area contributed by atoms with Crippen LogP contribution in [0, 0.1) is 29.1 Å². The topological polar surface area (TPSA) is 57.5 Å². The minimum Gasteiger partial charge on any atom is -0.393 e. The predicted octanol–water partition coefficient (Wildman–Crippen LogP) is 2.46. The number of hydrogen-bond acceptors (Lipinski definition) is 3. The van der Waals surface area contributed by atoms with Crippen LogP contribution in [-0.2, 0) is 4.79 Å². The van der Waals surface area contributed by atoms with Crippen molar-refractivity contribution in [3.63, 3.8) is 0 Å². The van der Waals surface area contributed by atoms with Crippen LogP contribution >= 0.6 is 0 Å². The highest BCUT2D eigenvalue weighted by Crippen LogP contribution is 2.60. The number of rotatable bonds is 0. The smallest absolute Gasteiger partial charge is 0.161 e. The molecular formula is C18H26O3. The van der Waals surface area contributed by atoms with Crippen LogP contribution in [0.15, 0.2) is 11.6 Å². The molecule has 4 rings (SSSR count). The zero-order valence-electron chi connectivity index (χ0n) is 12.8. The summed E-state index contributed by atoms with van der Waals surface area (Å²) in [6.07, 6.45) is 8.12. The third-order valence-electron chi connectivity index (χ3n) is 7.24. The number of carbonyl (C=O) groups excluding carboxylic acids is 1. The van der Waals surface area contributed by atoms with Crippen molar-refractivity contribution in [3.05, 3.63) is 11.6 Å². The van der Waals surface area contributed by atoms with Crippen LogP contribution in [0.5, 0.6) is 0 Å². The van der Waals surface area contributed by atoms with Crippen molar-refractivity contribution >= 4 is 5.78 Å². The molecule has 0 spiro atoms. The summed E-state index contributed by atoms with van der Waals surface area (Å²) in [5.74, 6) is 1.89. The van der Waals surface area contributed by atoms with Crippen molar-refractivity contribution in [2.45, 2.75) is 64.1 Å². The minimum absolute atomic E-state index is 0.0737. The first kappa shape index (κ1) is 14.0. The standard InChI is InChI=1S/C18H26O3/c1-18-7-6-11(19)8-10(18)2-3-12-14-9-16(20)17(21)13(14)4-5-15(12)18/h2,11-15,17,19,21H,3-9H2,1H3. The Labute approximate surface area is 126 Å². The molecule has 4 aliphatic rings. The van der Waals surface area contributed by atoms with Crippen molar-refractivity contribution in [2.75, 3.05) is 0 Å². The fraction of sp³-hybridized carbons (Fsp3) is 0.833. The zero-order valence-corrected chi connectivity index (χ0v) is 12.8. The Hall–Kier alpha value is -0.670. The number of ketones is 1. The van der Waals surface area contributed by atoms with Gasteiger partial charge in [-0.05, 0) is 67.6 Å². The Kier molecular flexibility index (Phi) is 3.10. The molecule has 0 aromatic carbocycles. The van der Waals surface area contributed by atoms with Gasteiger partial charge in [0.05, 0.1) is 6.10 Å². The molecule has 0 bridgehead atoms. The summed E-state index contributed by atoms with van der Waals surface area (Å²) in [6, 6.07) is 0. The molecule has 3 saturated carbocycles. The summed E-state index contributed by atoms with van der Waals surface area (Å²) in [5.41, 5.74) is 1.69. The summed E-state index contributed by atoms with van der Waals surface area (Å²) >= 11 is 0. The number of aliphatic hydroxyl groups excluding tert-OH is 2. The molecule has 0 heterocycles. The molecule has 0 saturated heterocycles. The second kappa shape index (κ2) is 4.66. The molecule has 116 valence electrons. The highest BCUT2D eigenvalue weighted by Gasteiger charge is 2.55. The van der Waals surface area contributed by atoms with Gasteiger partial charge in [0.25, 0.3) is 0 Å². The lowest BCUT2D eigenvalue weighted by Crippen LogP contribution is -2.47. The maximum Gasteiger partial charge on any atom is 0.161 e. The zero-order chi connectivity index (χ0) is 14.8. The van der Waals surface area contributed by atoms with E-state index < -0.39 is 6.10 Å². The van der Waals surface area contributed by atoms with E-state index in [1.165, 1.54) is 5.57 Å². The number of carbonyl (C=O) groups is 1. The highest BCUT2D eigenvalue weighted by molar-refractivity contribution is 5.85. The van der Waals surface area contributed by atoms with E-state index in [2.05, 4.69) is 13.0 Å². The summed E-state index contributed by atoms with van der Waals surface area (Å²) in [5, 5.41) is 20.1. The predicted molar refractivity (Wildman–Crippen MR) is 79.5 cm³/mol. The van der Waals surface area contributed by atoms with Crippen molar-refractivity contribution in [3.8, 4) is 0 Å². The molecule has 4 aliphatic carbocycles. The molecule has 3 heteroatoms. The number of aliphatic hydroxyl groups is 2. The summed E-state index contributed by atoms with van der Waals surface area (Å²) < 4.78 is 0. The second-order valence-electron chi connectivity index (χ2n) is 8.07. The Morgan fingerprint density at radius 3 is 2.71 bits per heavy atom. The maximum atomic E-state index is 11.9. The molecule has 0 aliphatic heterocycles. The Morgan fingerprint density at radius 2 is 1.90 bits per heavy atom. The van der Waals surface area contributed by atoms with Gasteiger partial charge in [-0.2, -0.15) is 0 Å². The average Bonchev–Trinajstić information content (AvgIpc) is 2.75. The van der Waals surface area contributed by atoms with Gasteiger partial charge in [0, 0.05) is 6.42 Å². The van der Waals surface area contributed by atoms with E-state index >= 15 is 0 Å². The number of Topliss-reactive ketones (excluding diaryl/α,β-unsaturated/α-hetero) is 1. The van der Waals surface area contributed by atoms with Gasteiger partial charge in [0.15, 0.2) is 5.78 Å². The Morgan fingerprint density at radius 1 is 1.10 bits per heavy atom. The third kappa shape index (κ3) is 1.90. The largest absolute Gasteiger partial charge is 0.393 e. The van der Waals surface area contributed by atoms with Crippen molar-refractivity contribution in [1.82, 2.24) is 0 Å². The monoisotopic (exact) mass is 290 g/mol. The Balaban J connectivity index is 1.66. The highest BCUT2D eigenvalue weighted by atomic mass is 16.3. The van der Waals surface area contributed by atoms with Crippen LogP contribution in [0.3, 0.4) is 0 Å². The molecule has 21 heavy (non-hydrogen) atoms. The first-order chi connectivity index (χ1) is 10.0. The molecule has 3 nitrogen and oxygen atoms in total. The Bertz CT molecular complexity index is 497. The van der Waals surface area contributed by atoms with Gasteiger partial charge in [-0.1, -0.05) is 18.6 Å². The van der Waals surface area contributed by atoms with Gasteiger partial charge in [-0.15, -0.1) is 0 Å². The van der Waals surface area contributed by atoms with Gasteiger partial charge in [-0.25, -0.2) is 0 Å². The van der Waals surface area contributed by atoms with E-state index in [0.717, 1.165) is 38.5 Å². The number of fused-ring (bicyclic) bond motifs is 5. The van der Waals surface area contributed by atoms with Crippen LogP contribution < -0.4 is 0 Å². The van der Waals surface area contributed by atoms with Crippen LogP contribution in [0.25, 0.3) is 0 Å². The molecule has 2 N–H and O–H groups in total. The maximum absolute atomic E-state index is 11.9. The summed E-state index contributed by atoms with van der Waals surface area (Å²) in [7, 11) is 0. The van der Waals surface area contributed by atoms with E-state index in [1.807, 2.05) is 0 Å². The molecule has 0 amide bonds. The normalized spacial score (nSPS) is 52.7. The van der Waals surface area contributed by atoms with Crippen LogP contribution in [0.2, 0.25) is 0 Å². The summed E-state index contributed by atoms with van der Waals surface area (Å²) in [6.45, 7) is 2.38. The van der Waals surface area contributed by atoms with E-state index in [0.29, 0.717) is 24.2 Å². The SMILES string of the molecule is CC12CCC(O)CC1=CCC1C3CC(=O)C(O)C3CCC12. The molecular weight excluding hydrogens is 264 g/mol. The summed E-state index contributed by atoms with van der Waals surface area (Å²) in [4.78, 5) is 11.9. The van der Waals surface area contributed by atoms with Gasteiger partial charge in [-0.3, -0.25) is 4.79 Å². The molecule has 7 unspecified atom stereocenters. The second-order valence-corrected chi connectivity index (χ2v) is 8.07. The average molecular weight is 290 g/mol. The minimum atomic E-state index is -0.692. The first-order valence-corrected chi connectivity index (χ1v) is 8.59. The lowest BCUT2D eigenvalue weighted by molar-refractivity contribution is -0.125. The first-order valence-electron chi connectivity index (χ1n) is 8.59. The molecule has 3 fully saturated rings. The van der Waals surface area contributed by atoms with Crippen molar-refractivity contribution in [2.24, 2.45) is 29.1 Å². The van der Waals surface area contributed by atoms with Crippen molar-refractivity contribution < 1.29 is 15.0 Å². The van der Waals surface area contributed by atoms with Crippen LogP contribution in [0.1, 0.15) is 51.9 Å². The van der Waals surface area contributed by atoms with Crippen LogP contribution in [-0.4, -0.2) is 28.2 Å². The van der Waals surface area contributed by atoms with Crippen molar-refractivity contribution in [1.29, 1.82) is 0 Å². The van der Waals surface area contributed by atoms with E-state index in [1.54, 1.807) is 0 Å².